The van der Waals surface area contributed by atoms with E-state index in [-0.39, 0.29) is 37.6 Å². The van der Waals surface area contributed by atoms with E-state index in [1.165, 1.54) is 24.1 Å². The molecule has 19 heavy (non-hydrogen) atoms. The van der Waals surface area contributed by atoms with Crippen molar-refractivity contribution in [3.63, 3.8) is 0 Å². The largest absolute Gasteiger partial charge is 0.481 e. The summed E-state index contributed by atoms with van der Waals surface area (Å²) in [7, 11) is 1.52. The molecule has 3 N–H and O–H groups in total. The van der Waals surface area contributed by atoms with Crippen LogP contribution in [0.25, 0.3) is 0 Å². The molecule has 0 aliphatic carbocycles. The number of rotatable bonds is 7. The Kier molecular flexibility index (Phi) is 5.52. The SMILES string of the molecule is CNC(=O)Cn1cc(NC(=O)CCCC(=O)O)cn1. The van der Waals surface area contributed by atoms with E-state index >= 15 is 0 Å². The Morgan fingerprint density at radius 3 is 2.68 bits per heavy atom. The lowest BCUT2D eigenvalue weighted by molar-refractivity contribution is -0.137. The number of hydrogen-bond acceptors (Lipinski definition) is 4. The summed E-state index contributed by atoms with van der Waals surface area (Å²) < 4.78 is 1.39. The molecule has 0 spiro atoms. The average Bonchev–Trinajstić information content (AvgIpc) is 2.75. The van der Waals surface area contributed by atoms with Crippen LogP contribution in [0, 0.1) is 0 Å². The number of likely N-dealkylation sites (N-methyl/N-ethyl adjacent to an activating group) is 1. The molecule has 2 amide bonds. The van der Waals surface area contributed by atoms with Gasteiger partial charge in [-0.3, -0.25) is 19.1 Å². The van der Waals surface area contributed by atoms with Crippen LogP contribution < -0.4 is 10.6 Å². The number of carboxylic acids is 1. The van der Waals surface area contributed by atoms with Crippen LogP contribution in [0.15, 0.2) is 12.4 Å². The molecule has 0 aliphatic heterocycles. The van der Waals surface area contributed by atoms with Crippen LogP contribution in [0.2, 0.25) is 0 Å². The first-order valence-electron chi connectivity index (χ1n) is 5.76. The summed E-state index contributed by atoms with van der Waals surface area (Å²) in [5.74, 6) is -1.39. The van der Waals surface area contributed by atoms with Gasteiger partial charge in [-0.1, -0.05) is 0 Å². The van der Waals surface area contributed by atoms with Gasteiger partial charge in [-0.05, 0) is 6.42 Å². The zero-order valence-corrected chi connectivity index (χ0v) is 10.5. The first kappa shape index (κ1) is 14.7. The molecule has 0 radical (unpaired) electrons. The number of aliphatic carboxylic acids is 1. The number of aromatic nitrogens is 2. The molecule has 0 bridgehead atoms. The van der Waals surface area contributed by atoms with Crippen LogP contribution in [-0.4, -0.2) is 39.7 Å². The predicted molar refractivity (Wildman–Crippen MR) is 66.4 cm³/mol. The maximum atomic E-state index is 11.5. The quantitative estimate of drug-likeness (QED) is 0.635. The summed E-state index contributed by atoms with van der Waals surface area (Å²) in [5.41, 5.74) is 0.476. The van der Waals surface area contributed by atoms with E-state index in [0.29, 0.717) is 5.69 Å². The zero-order chi connectivity index (χ0) is 14.3. The number of carbonyl (C=O) groups is 3. The molecule has 0 unspecified atom stereocenters. The molecule has 0 fully saturated rings. The van der Waals surface area contributed by atoms with E-state index in [1.54, 1.807) is 0 Å². The topological polar surface area (TPSA) is 113 Å². The van der Waals surface area contributed by atoms with Gasteiger partial charge in [0, 0.05) is 26.1 Å². The van der Waals surface area contributed by atoms with E-state index < -0.39 is 5.97 Å². The summed E-state index contributed by atoms with van der Waals surface area (Å²) in [6, 6.07) is 0. The summed E-state index contributed by atoms with van der Waals surface area (Å²) in [6.07, 6.45) is 3.34. The second-order valence-corrected chi connectivity index (χ2v) is 3.90. The van der Waals surface area contributed by atoms with Gasteiger partial charge in [0.25, 0.3) is 0 Å². The van der Waals surface area contributed by atoms with Gasteiger partial charge < -0.3 is 15.7 Å². The van der Waals surface area contributed by atoms with Crippen LogP contribution in [0.3, 0.4) is 0 Å². The lowest BCUT2D eigenvalue weighted by atomic mass is 10.2. The Hall–Kier alpha value is -2.38. The van der Waals surface area contributed by atoms with Crippen LogP contribution in [-0.2, 0) is 20.9 Å². The predicted octanol–water partition coefficient (Wildman–Crippen LogP) is -0.177. The maximum Gasteiger partial charge on any atom is 0.303 e. The van der Waals surface area contributed by atoms with Crippen molar-refractivity contribution in [1.82, 2.24) is 15.1 Å². The van der Waals surface area contributed by atoms with E-state index in [9.17, 15) is 14.4 Å². The van der Waals surface area contributed by atoms with Crippen molar-refractivity contribution >= 4 is 23.5 Å². The fourth-order valence-electron chi connectivity index (χ4n) is 1.36. The molecule has 8 nitrogen and oxygen atoms in total. The Morgan fingerprint density at radius 1 is 1.32 bits per heavy atom. The molecule has 8 heteroatoms. The van der Waals surface area contributed by atoms with Gasteiger partial charge >= 0.3 is 5.97 Å². The third-order valence-electron chi connectivity index (χ3n) is 2.30. The van der Waals surface area contributed by atoms with Crippen LogP contribution >= 0.6 is 0 Å². The first-order valence-corrected chi connectivity index (χ1v) is 5.76. The second-order valence-electron chi connectivity index (χ2n) is 3.90. The standard InChI is InChI=1S/C11H16N4O4/c1-12-10(17)7-15-6-8(5-13-15)14-9(16)3-2-4-11(18)19/h5-6H,2-4,7H2,1H3,(H,12,17)(H,14,16)(H,18,19). The Morgan fingerprint density at radius 2 is 2.05 bits per heavy atom. The molecule has 0 aliphatic rings. The highest BCUT2D eigenvalue weighted by Gasteiger charge is 2.07. The van der Waals surface area contributed by atoms with E-state index in [1.807, 2.05) is 0 Å². The highest BCUT2D eigenvalue weighted by molar-refractivity contribution is 5.90. The third kappa shape index (κ3) is 5.66. The zero-order valence-electron chi connectivity index (χ0n) is 10.5. The number of carbonyl (C=O) groups excluding carboxylic acids is 2. The molecule has 1 aromatic heterocycles. The summed E-state index contributed by atoms with van der Waals surface area (Å²) in [6.45, 7) is 0.0748. The molecule has 0 atom stereocenters. The van der Waals surface area contributed by atoms with E-state index in [2.05, 4.69) is 15.7 Å². The fraction of sp³-hybridized carbons (Fsp3) is 0.455. The monoisotopic (exact) mass is 268 g/mol. The Balaban J connectivity index is 2.38. The summed E-state index contributed by atoms with van der Waals surface area (Å²) >= 11 is 0. The molecule has 1 aromatic rings. The molecule has 0 aromatic carbocycles. The minimum atomic E-state index is -0.925. The number of carboxylic acid groups (broad SMARTS) is 1. The average molecular weight is 268 g/mol. The van der Waals surface area contributed by atoms with Crippen molar-refractivity contribution < 1.29 is 19.5 Å². The smallest absolute Gasteiger partial charge is 0.303 e. The number of amides is 2. The number of nitrogens with one attached hydrogen (secondary N) is 2. The van der Waals surface area contributed by atoms with Crippen LogP contribution in [0.5, 0.6) is 0 Å². The van der Waals surface area contributed by atoms with Crippen molar-refractivity contribution in [1.29, 1.82) is 0 Å². The van der Waals surface area contributed by atoms with Crippen molar-refractivity contribution in [2.75, 3.05) is 12.4 Å². The van der Waals surface area contributed by atoms with Gasteiger partial charge in [0.1, 0.15) is 6.54 Å². The number of anilines is 1. The van der Waals surface area contributed by atoms with Gasteiger partial charge in [0.05, 0.1) is 11.9 Å². The van der Waals surface area contributed by atoms with E-state index in [4.69, 9.17) is 5.11 Å². The molecular weight excluding hydrogens is 252 g/mol. The van der Waals surface area contributed by atoms with Gasteiger partial charge in [0.15, 0.2) is 0 Å². The molecular formula is C11H16N4O4. The van der Waals surface area contributed by atoms with Gasteiger partial charge in [0.2, 0.25) is 11.8 Å². The van der Waals surface area contributed by atoms with Gasteiger partial charge in [-0.2, -0.15) is 5.10 Å². The second kappa shape index (κ2) is 7.14. The minimum Gasteiger partial charge on any atom is -0.481 e. The van der Waals surface area contributed by atoms with E-state index in [0.717, 1.165) is 0 Å². The molecule has 1 rings (SSSR count). The van der Waals surface area contributed by atoms with Crippen LogP contribution in [0.1, 0.15) is 19.3 Å². The highest BCUT2D eigenvalue weighted by Crippen LogP contribution is 2.06. The van der Waals surface area contributed by atoms with Gasteiger partial charge in [-0.25, -0.2) is 0 Å². The molecule has 0 saturated heterocycles. The van der Waals surface area contributed by atoms with Crippen molar-refractivity contribution in [2.45, 2.75) is 25.8 Å². The normalized spacial score (nSPS) is 9.95. The Bertz CT molecular complexity index is 469. The van der Waals surface area contributed by atoms with Gasteiger partial charge in [-0.15, -0.1) is 0 Å². The molecule has 0 saturated carbocycles. The minimum absolute atomic E-state index is 0.0383. The molecule has 1 heterocycles. The summed E-state index contributed by atoms with van der Waals surface area (Å²) in [5, 5.41) is 17.4. The highest BCUT2D eigenvalue weighted by atomic mass is 16.4. The Labute approximate surface area is 109 Å². The van der Waals surface area contributed by atoms with Crippen LogP contribution in [0.4, 0.5) is 5.69 Å². The number of hydrogen-bond donors (Lipinski definition) is 3. The maximum absolute atomic E-state index is 11.5. The van der Waals surface area contributed by atoms with Crippen molar-refractivity contribution in [3.05, 3.63) is 12.4 Å². The lowest BCUT2D eigenvalue weighted by Crippen LogP contribution is -2.23. The summed E-state index contributed by atoms with van der Waals surface area (Å²) in [4.78, 5) is 32.9. The fourth-order valence-corrected chi connectivity index (χ4v) is 1.36. The third-order valence-corrected chi connectivity index (χ3v) is 2.30. The molecule has 104 valence electrons. The lowest BCUT2D eigenvalue weighted by Gasteiger charge is -2.01. The van der Waals surface area contributed by atoms with Crippen molar-refractivity contribution in [2.24, 2.45) is 0 Å². The first-order chi connectivity index (χ1) is 9.01. The van der Waals surface area contributed by atoms with Crippen molar-refractivity contribution in [3.8, 4) is 0 Å². The number of nitrogens with zero attached hydrogens (tertiary/aromatic N) is 2.